The van der Waals surface area contributed by atoms with Gasteiger partial charge in [-0.2, -0.15) is 5.10 Å². The van der Waals surface area contributed by atoms with E-state index in [0.717, 1.165) is 19.4 Å². The van der Waals surface area contributed by atoms with Crippen molar-refractivity contribution in [3.63, 3.8) is 0 Å². The molecule has 1 N–H and O–H groups in total. The van der Waals surface area contributed by atoms with E-state index in [1.54, 1.807) is 25.0 Å². The molecule has 1 fully saturated rings. The predicted molar refractivity (Wildman–Crippen MR) is 59.7 cm³/mol. The zero-order chi connectivity index (χ0) is 11.8. The van der Waals surface area contributed by atoms with Crippen LogP contribution >= 0.6 is 0 Å². The SMILES string of the molecule is COc1cnn(C)c1C(=O)C1(C)CCCN1. The second-order valence-corrected chi connectivity index (χ2v) is 4.38. The van der Waals surface area contributed by atoms with Crippen molar-refractivity contribution in [3.05, 3.63) is 11.9 Å². The Hall–Kier alpha value is -1.36. The largest absolute Gasteiger partial charge is 0.493 e. The molecule has 5 nitrogen and oxygen atoms in total. The zero-order valence-electron chi connectivity index (χ0n) is 9.91. The molecule has 1 unspecified atom stereocenters. The summed E-state index contributed by atoms with van der Waals surface area (Å²) in [5.74, 6) is 0.601. The van der Waals surface area contributed by atoms with E-state index in [2.05, 4.69) is 10.4 Å². The molecule has 1 aromatic heterocycles. The molecule has 2 rings (SSSR count). The molecule has 0 aromatic carbocycles. The Morgan fingerprint density at radius 1 is 1.69 bits per heavy atom. The number of nitrogens with zero attached hydrogens (tertiary/aromatic N) is 2. The maximum Gasteiger partial charge on any atom is 0.204 e. The van der Waals surface area contributed by atoms with E-state index in [9.17, 15) is 4.79 Å². The second kappa shape index (κ2) is 3.90. The summed E-state index contributed by atoms with van der Waals surface area (Å²) in [7, 11) is 3.31. The quantitative estimate of drug-likeness (QED) is 0.768. The summed E-state index contributed by atoms with van der Waals surface area (Å²) in [4.78, 5) is 12.4. The highest BCUT2D eigenvalue weighted by atomic mass is 16.5. The number of carbonyl (C=O) groups excluding carboxylic acids is 1. The molecule has 0 bridgehead atoms. The third-order valence-corrected chi connectivity index (χ3v) is 3.21. The number of carbonyl (C=O) groups is 1. The van der Waals surface area contributed by atoms with Crippen LogP contribution in [0.25, 0.3) is 0 Å². The highest BCUT2D eigenvalue weighted by molar-refractivity contribution is 6.03. The van der Waals surface area contributed by atoms with E-state index in [0.29, 0.717) is 11.4 Å². The minimum atomic E-state index is -0.471. The predicted octanol–water partition coefficient (Wildman–Crippen LogP) is 0.753. The molecule has 1 saturated heterocycles. The minimum Gasteiger partial charge on any atom is -0.493 e. The third kappa shape index (κ3) is 1.61. The molecule has 0 spiro atoms. The molecular formula is C11H17N3O2. The van der Waals surface area contributed by atoms with Crippen molar-refractivity contribution in [3.8, 4) is 5.75 Å². The summed E-state index contributed by atoms with van der Waals surface area (Å²) in [5, 5.41) is 7.31. The number of hydrogen-bond donors (Lipinski definition) is 1. The normalized spacial score (nSPS) is 24.7. The Morgan fingerprint density at radius 2 is 2.44 bits per heavy atom. The van der Waals surface area contributed by atoms with Crippen LogP contribution < -0.4 is 10.1 Å². The molecule has 1 aromatic rings. The monoisotopic (exact) mass is 223 g/mol. The molecule has 5 heteroatoms. The number of ether oxygens (including phenoxy) is 1. The van der Waals surface area contributed by atoms with Crippen LogP contribution in [-0.4, -0.2) is 34.8 Å². The van der Waals surface area contributed by atoms with E-state index >= 15 is 0 Å². The number of ketones is 1. The molecule has 2 heterocycles. The minimum absolute atomic E-state index is 0.0573. The summed E-state index contributed by atoms with van der Waals surface area (Å²) < 4.78 is 6.74. The second-order valence-electron chi connectivity index (χ2n) is 4.38. The summed E-state index contributed by atoms with van der Waals surface area (Å²) in [6.45, 7) is 2.83. The molecule has 88 valence electrons. The number of rotatable bonds is 3. The van der Waals surface area contributed by atoms with Crippen LogP contribution in [0.5, 0.6) is 5.75 Å². The standard InChI is InChI=1S/C11H17N3O2/c1-11(5-4-6-12-11)10(15)9-8(16-3)7-13-14(9)2/h7,12H,4-6H2,1-3H3. The highest BCUT2D eigenvalue weighted by Gasteiger charge is 2.39. The van der Waals surface area contributed by atoms with Crippen molar-refractivity contribution in [1.29, 1.82) is 0 Å². The Morgan fingerprint density at radius 3 is 3.00 bits per heavy atom. The highest BCUT2D eigenvalue weighted by Crippen LogP contribution is 2.27. The van der Waals surface area contributed by atoms with Crippen LogP contribution in [0.4, 0.5) is 0 Å². The number of Topliss-reactive ketones (excluding diaryl/α,β-unsaturated/α-hetero) is 1. The maximum absolute atomic E-state index is 12.4. The molecule has 0 aliphatic carbocycles. The van der Waals surface area contributed by atoms with E-state index in [-0.39, 0.29) is 5.78 Å². The van der Waals surface area contributed by atoms with Crippen LogP contribution in [0.2, 0.25) is 0 Å². The first kappa shape index (κ1) is 11.1. The van der Waals surface area contributed by atoms with Crippen LogP contribution in [-0.2, 0) is 7.05 Å². The van der Waals surface area contributed by atoms with Crippen molar-refractivity contribution in [2.45, 2.75) is 25.3 Å². The van der Waals surface area contributed by atoms with Gasteiger partial charge in [-0.1, -0.05) is 0 Å². The van der Waals surface area contributed by atoms with Gasteiger partial charge in [-0.05, 0) is 26.3 Å². The van der Waals surface area contributed by atoms with Gasteiger partial charge >= 0.3 is 0 Å². The Labute approximate surface area is 94.8 Å². The molecule has 1 aliphatic heterocycles. The van der Waals surface area contributed by atoms with Gasteiger partial charge in [0.2, 0.25) is 5.78 Å². The fourth-order valence-corrected chi connectivity index (χ4v) is 2.18. The molecule has 0 saturated carbocycles. The van der Waals surface area contributed by atoms with Gasteiger partial charge in [0.25, 0.3) is 0 Å². The van der Waals surface area contributed by atoms with Crippen LogP contribution in [0.15, 0.2) is 6.20 Å². The van der Waals surface area contributed by atoms with Gasteiger partial charge in [-0.3, -0.25) is 9.48 Å². The van der Waals surface area contributed by atoms with Gasteiger partial charge in [0, 0.05) is 7.05 Å². The number of aromatic nitrogens is 2. The summed E-state index contributed by atoms with van der Waals surface area (Å²) >= 11 is 0. The number of aryl methyl sites for hydroxylation is 1. The Kier molecular flexibility index (Phi) is 2.71. The number of methoxy groups -OCH3 is 1. The lowest BCUT2D eigenvalue weighted by molar-refractivity contribution is 0.0871. The average molecular weight is 223 g/mol. The molecule has 0 radical (unpaired) electrons. The average Bonchev–Trinajstić information content (AvgIpc) is 2.85. The van der Waals surface area contributed by atoms with E-state index in [1.807, 2.05) is 6.92 Å². The van der Waals surface area contributed by atoms with Crippen LogP contribution in [0.3, 0.4) is 0 Å². The lowest BCUT2D eigenvalue weighted by Crippen LogP contribution is -2.45. The molecule has 16 heavy (non-hydrogen) atoms. The fourth-order valence-electron chi connectivity index (χ4n) is 2.18. The molecule has 1 aliphatic rings. The topological polar surface area (TPSA) is 56.2 Å². The summed E-state index contributed by atoms with van der Waals surface area (Å²) in [5.41, 5.74) is 0.0700. The van der Waals surface area contributed by atoms with Crippen molar-refractivity contribution >= 4 is 5.78 Å². The smallest absolute Gasteiger partial charge is 0.204 e. The molecular weight excluding hydrogens is 206 g/mol. The molecule has 1 atom stereocenters. The molecule has 0 amide bonds. The number of hydrogen-bond acceptors (Lipinski definition) is 4. The summed E-state index contributed by atoms with van der Waals surface area (Å²) in [6.07, 6.45) is 3.47. The Balaban J connectivity index is 2.36. The van der Waals surface area contributed by atoms with E-state index < -0.39 is 5.54 Å². The third-order valence-electron chi connectivity index (χ3n) is 3.21. The van der Waals surface area contributed by atoms with Crippen molar-refractivity contribution in [2.75, 3.05) is 13.7 Å². The zero-order valence-corrected chi connectivity index (χ0v) is 9.91. The van der Waals surface area contributed by atoms with Crippen LogP contribution in [0, 0.1) is 0 Å². The van der Waals surface area contributed by atoms with Gasteiger partial charge in [0.05, 0.1) is 18.8 Å². The fraction of sp³-hybridized carbons (Fsp3) is 0.636. The Bertz CT molecular complexity index is 405. The van der Waals surface area contributed by atoms with E-state index in [4.69, 9.17) is 4.74 Å². The van der Waals surface area contributed by atoms with Gasteiger partial charge < -0.3 is 10.1 Å². The van der Waals surface area contributed by atoms with Gasteiger partial charge in [-0.25, -0.2) is 0 Å². The van der Waals surface area contributed by atoms with Gasteiger partial charge in [0.15, 0.2) is 5.75 Å². The first-order valence-corrected chi connectivity index (χ1v) is 5.44. The first-order chi connectivity index (χ1) is 7.58. The van der Waals surface area contributed by atoms with E-state index in [1.165, 1.54) is 0 Å². The van der Waals surface area contributed by atoms with Crippen molar-refractivity contribution in [2.24, 2.45) is 7.05 Å². The van der Waals surface area contributed by atoms with Crippen molar-refractivity contribution < 1.29 is 9.53 Å². The summed E-state index contributed by atoms with van der Waals surface area (Å²) in [6, 6.07) is 0. The lowest BCUT2D eigenvalue weighted by Gasteiger charge is -2.22. The maximum atomic E-state index is 12.4. The lowest BCUT2D eigenvalue weighted by atomic mass is 9.92. The van der Waals surface area contributed by atoms with Crippen molar-refractivity contribution in [1.82, 2.24) is 15.1 Å². The first-order valence-electron chi connectivity index (χ1n) is 5.44. The van der Waals surface area contributed by atoms with Gasteiger partial charge in [0.1, 0.15) is 5.69 Å². The van der Waals surface area contributed by atoms with Gasteiger partial charge in [-0.15, -0.1) is 0 Å². The number of nitrogens with one attached hydrogen (secondary N) is 1. The van der Waals surface area contributed by atoms with Crippen LogP contribution in [0.1, 0.15) is 30.3 Å².